The van der Waals surface area contributed by atoms with Gasteiger partial charge in [-0.3, -0.25) is 4.79 Å². The summed E-state index contributed by atoms with van der Waals surface area (Å²) in [6.45, 7) is 1.86. The second-order valence-corrected chi connectivity index (χ2v) is 7.40. The number of aromatic nitrogens is 3. The largest absolute Gasteiger partial charge is 0.435 e. The molecule has 4 rings (SSSR count). The first kappa shape index (κ1) is 20.7. The van der Waals surface area contributed by atoms with Crippen LogP contribution in [0.25, 0.3) is 27.2 Å². The number of nitrogens with one attached hydrogen (secondary N) is 1. The van der Waals surface area contributed by atoms with E-state index in [9.17, 15) is 18.0 Å². The smallest absolute Gasteiger partial charge is 0.266 e. The minimum atomic E-state index is -4.62. The van der Waals surface area contributed by atoms with Gasteiger partial charge in [-0.05, 0) is 29.3 Å². The van der Waals surface area contributed by atoms with Crippen LogP contribution in [0.5, 0.6) is 0 Å². The number of thiazole rings is 1. The van der Waals surface area contributed by atoms with Crippen LogP contribution < -0.4 is 5.43 Å². The van der Waals surface area contributed by atoms with E-state index in [4.69, 9.17) is 0 Å². The minimum absolute atomic E-state index is 0.0433. The first-order chi connectivity index (χ1) is 14.9. The lowest BCUT2D eigenvalue weighted by Gasteiger charge is -2.06. The Bertz CT molecular complexity index is 1280. The van der Waals surface area contributed by atoms with Gasteiger partial charge in [-0.25, -0.2) is 15.1 Å². The summed E-state index contributed by atoms with van der Waals surface area (Å²) in [4.78, 5) is 16.3. The van der Waals surface area contributed by atoms with Crippen LogP contribution in [-0.2, 0) is 6.18 Å². The van der Waals surface area contributed by atoms with Crippen molar-refractivity contribution in [2.75, 3.05) is 0 Å². The number of hydrazone groups is 1. The number of halogens is 3. The average molecular weight is 443 g/mol. The zero-order valence-corrected chi connectivity index (χ0v) is 17.0. The second kappa shape index (κ2) is 8.31. The normalized spacial score (nSPS) is 12.0. The lowest BCUT2D eigenvalue weighted by Crippen LogP contribution is -2.18. The maximum atomic E-state index is 13.4. The van der Waals surface area contributed by atoms with Gasteiger partial charge in [-0.15, -0.1) is 11.3 Å². The number of fused-ring (bicyclic) bond motifs is 1. The Morgan fingerprint density at radius 3 is 2.71 bits per heavy atom. The van der Waals surface area contributed by atoms with E-state index >= 15 is 0 Å². The summed E-state index contributed by atoms with van der Waals surface area (Å²) in [7, 11) is 0. The summed E-state index contributed by atoms with van der Waals surface area (Å²) in [6.07, 6.45) is -2.46. The molecular formula is C21H16F3N5OS. The van der Waals surface area contributed by atoms with Gasteiger partial charge in [0.15, 0.2) is 5.69 Å². The van der Waals surface area contributed by atoms with E-state index in [1.54, 1.807) is 12.1 Å². The molecule has 0 spiro atoms. The highest BCUT2D eigenvalue weighted by Gasteiger charge is 2.35. The standard InChI is InChI=1S/C21H16F3N5OS/c1-2-9-25-27-19(30)16-12-31-20(26-16)29-17(11-18(28-29)21(22,23)24)15-8-7-13-5-3-4-6-14(13)10-15/h3-12H,2H2,1H3,(H,27,30)/b25-9+. The average Bonchev–Trinajstić information content (AvgIpc) is 3.40. The van der Waals surface area contributed by atoms with Crippen LogP contribution in [-0.4, -0.2) is 26.9 Å². The fourth-order valence-corrected chi connectivity index (χ4v) is 3.71. The Labute approximate surface area is 179 Å². The topological polar surface area (TPSA) is 72.2 Å². The summed E-state index contributed by atoms with van der Waals surface area (Å²) in [6, 6.07) is 13.9. The fraction of sp³-hybridized carbons (Fsp3) is 0.143. The molecule has 1 N–H and O–H groups in total. The van der Waals surface area contributed by atoms with Crippen molar-refractivity contribution in [1.82, 2.24) is 20.2 Å². The van der Waals surface area contributed by atoms with Crippen LogP contribution in [0.1, 0.15) is 29.5 Å². The Morgan fingerprint density at radius 1 is 1.19 bits per heavy atom. The molecule has 2 heterocycles. The van der Waals surface area contributed by atoms with E-state index < -0.39 is 17.8 Å². The van der Waals surface area contributed by atoms with Gasteiger partial charge < -0.3 is 0 Å². The summed E-state index contributed by atoms with van der Waals surface area (Å²) in [5, 5.41) is 10.9. The number of carbonyl (C=O) groups is 1. The number of amides is 1. The molecule has 4 aromatic rings. The zero-order valence-electron chi connectivity index (χ0n) is 16.2. The molecule has 0 saturated heterocycles. The van der Waals surface area contributed by atoms with Gasteiger partial charge in [0.2, 0.25) is 5.13 Å². The van der Waals surface area contributed by atoms with Gasteiger partial charge in [0, 0.05) is 17.2 Å². The summed E-state index contributed by atoms with van der Waals surface area (Å²) in [5.74, 6) is -0.553. The molecular weight excluding hydrogens is 427 g/mol. The van der Waals surface area contributed by atoms with Gasteiger partial charge in [0.1, 0.15) is 5.69 Å². The molecule has 10 heteroatoms. The summed E-state index contributed by atoms with van der Waals surface area (Å²) in [5.41, 5.74) is 2.11. The third-order valence-electron chi connectivity index (χ3n) is 4.39. The van der Waals surface area contributed by atoms with Gasteiger partial charge in [0.25, 0.3) is 5.91 Å². The highest BCUT2D eigenvalue weighted by molar-refractivity contribution is 7.12. The maximum Gasteiger partial charge on any atom is 0.435 e. The summed E-state index contributed by atoms with van der Waals surface area (Å²) < 4.78 is 41.3. The van der Waals surface area contributed by atoms with E-state index in [0.717, 1.165) is 32.9 Å². The number of nitrogens with zero attached hydrogens (tertiary/aromatic N) is 4. The fourth-order valence-electron chi connectivity index (χ4n) is 2.94. The van der Waals surface area contributed by atoms with Gasteiger partial charge in [-0.2, -0.15) is 23.4 Å². The van der Waals surface area contributed by atoms with E-state index in [-0.39, 0.29) is 16.5 Å². The molecule has 2 aromatic heterocycles. The van der Waals surface area contributed by atoms with Crippen molar-refractivity contribution in [3.05, 3.63) is 65.3 Å². The van der Waals surface area contributed by atoms with Crippen LogP contribution in [0.4, 0.5) is 13.2 Å². The zero-order chi connectivity index (χ0) is 22.0. The van der Waals surface area contributed by atoms with Crippen LogP contribution in [0.15, 0.2) is 59.0 Å². The van der Waals surface area contributed by atoms with Crippen molar-refractivity contribution < 1.29 is 18.0 Å². The van der Waals surface area contributed by atoms with E-state index in [2.05, 4.69) is 20.6 Å². The predicted octanol–water partition coefficient (Wildman–Crippen LogP) is 5.29. The quantitative estimate of drug-likeness (QED) is 0.336. The molecule has 0 unspecified atom stereocenters. The molecule has 0 atom stereocenters. The molecule has 6 nitrogen and oxygen atoms in total. The lowest BCUT2D eigenvalue weighted by molar-refractivity contribution is -0.141. The van der Waals surface area contributed by atoms with E-state index in [0.29, 0.717) is 12.0 Å². The molecule has 1 amide bonds. The monoisotopic (exact) mass is 443 g/mol. The molecule has 0 aliphatic carbocycles. The van der Waals surface area contributed by atoms with Crippen LogP contribution in [0.2, 0.25) is 0 Å². The Kier molecular flexibility index (Phi) is 5.55. The molecule has 0 aliphatic rings. The Morgan fingerprint density at radius 2 is 1.97 bits per heavy atom. The molecule has 0 aliphatic heterocycles. The Hall–Kier alpha value is -3.53. The molecule has 2 aromatic carbocycles. The van der Waals surface area contributed by atoms with Crippen LogP contribution in [0.3, 0.4) is 0 Å². The van der Waals surface area contributed by atoms with Crippen molar-refractivity contribution in [3.8, 4) is 16.4 Å². The SMILES string of the molecule is CC/C=N/NC(=O)c1csc(-n2nc(C(F)(F)F)cc2-c2ccc3ccccc3c2)n1. The van der Waals surface area contributed by atoms with E-state index in [1.807, 2.05) is 37.3 Å². The van der Waals surface area contributed by atoms with E-state index in [1.165, 1.54) is 11.6 Å². The highest BCUT2D eigenvalue weighted by Crippen LogP contribution is 2.34. The predicted molar refractivity (Wildman–Crippen MR) is 113 cm³/mol. The minimum Gasteiger partial charge on any atom is -0.266 e. The molecule has 0 radical (unpaired) electrons. The first-order valence-corrected chi connectivity index (χ1v) is 10.2. The molecule has 0 fully saturated rings. The number of rotatable bonds is 5. The number of carbonyl (C=O) groups excluding carboxylic acids is 1. The van der Waals surface area contributed by atoms with Crippen molar-refractivity contribution in [2.45, 2.75) is 19.5 Å². The number of hydrogen-bond donors (Lipinski definition) is 1. The number of hydrogen-bond acceptors (Lipinski definition) is 5. The van der Waals surface area contributed by atoms with Crippen LogP contribution >= 0.6 is 11.3 Å². The van der Waals surface area contributed by atoms with Gasteiger partial charge in [-0.1, -0.05) is 43.3 Å². The van der Waals surface area contributed by atoms with Crippen molar-refractivity contribution >= 4 is 34.2 Å². The van der Waals surface area contributed by atoms with Crippen molar-refractivity contribution in [2.24, 2.45) is 5.10 Å². The maximum absolute atomic E-state index is 13.4. The van der Waals surface area contributed by atoms with Crippen molar-refractivity contribution in [1.29, 1.82) is 0 Å². The molecule has 0 saturated carbocycles. The van der Waals surface area contributed by atoms with Crippen molar-refractivity contribution in [3.63, 3.8) is 0 Å². The lowest BCUT2D eigenvalue weighted by atomic mass is 10.0. The second-order valence-electron chi connectivity index (χ2n) is 6.56. The molecule has 0 bridgehead atoms. The third kappa shape index (κ3) is 4.33. The number of alkyl halides is 3. The Balaban J connectivity index is 1.78. The van der Waals surface area contributed by atoms with Crippen LogP contribution in [0, 0.1) is 0 Å². The van der Waals surface area contributed by atoms with Gasteiger partial charge >= 0.3 is 6.18 Å². The van der Waals surface area contributed by atoms with Gasteiger partial charge in [0.05, 0.1) is 5.69 Å². The molecule has 31 heavy (non-hydrogen) atoms. The summed E-state index contributed by atoms with van der Waals surface area (Å²) >= 11 is 1.02. The first-order valence-electron chi connectivity index (χ1n) is 9.31. The molecule has 158 valence electrons. The highest BCUT2D eigenvalue weighted by atomic mass is 32.1. The third-order valence-corrected chi connectivity index (χ3v) is 5.21. The number of benzene rings is 2.